The lowest BCUT2D eigenvalue weighted by molar-refractivity contribution is -0.0430. The van der Waals surface area contributed by atoms with Gasteiger partial charge in [0.15, 0.2) is 0 Å². The first-order valence-corrected chi connectivity index (χ1v) is 8.88. The van der Waals surface area contributed by atoms with E-state index in [0.29, 0.717) is 24.6 Å². The number of benzene rings is 1. The highest BCUT2D eigenvalue weighted by Gasteiger charge is 2.24. The molecule has 1 aromatic carbocycles. The van der Waals surface area contributed by atoms with Gasteiger partial charge >= 0.3 is 19.6 Å². The van der Waals surface area contributed by atoms with Gasteiger partial charge in [0.1, 0.15) is 17.4 Å². The number of esters is 1. The van der Waals surface area contributed by atoms with Crippen LogP contribution < -0.4 is 4.65 Å². The molecule has 0 bridgehead atoms. The number of hydrogen-bond donors (Lipinski definition) is 0. The van der Waals surface area contributed by atoms with Crippen LogP contribution in [0.25, 0.3) is 0 Å². The summed E-state index contributed by atoms with van der Waals surface area (Å²) in [7, 11) is 0.571. The van der Waals surface area contributed by atoms with Crippen LogP contribution in [-0.2, 0) is 20.6 Å². The number of hydrogen-bond acceptors (Lipinski definition) is 6. The quantitative estimate of drug-likeness (QED) is 0.473. The standard InChI is InChI=1S/C18H23BO6/c1-12-10-13-6-5-9-15(16(13)25-19-12)17(20)22-11-23-18(21)24-14-7-3-2-4-8-14/h5-6,9,12,14,19H,2-4,7-8,10-11H2,1H3. The number of carbonyl (C=O) groups excluding carboxylic acids is 2. The van der Waals surface area contributed by atoms with E-state index in [4.69, 9.17) is 18.9 Å². The molecule has 1 heterocycles. The average Bonchev–Trinajstić information content (AvgIpc) is 2.61. The molecule has 3 rings (SSSR count). The summed E-state index contributed by atoms with van der Waals surface area (Å²) in [6.45, 7) is 1.63. The SMILES string of the molecule is CC1BOc2c(cccc2C(=O)OCOC(=O)OC2CCCCC2)C1. The van der Waals surface area contributed by atoms with Gasteiger partial charge in [0.2, 0.25) is 6.79 Å². The van der Waals surface area contributed by atoms with Crippen LogP contribution in [0.1, 0.15) is 54.9 Å². The zero-order chi connectivity index (χ0) is 17.6. The molecule has 2 aliphatic rings. The molecule has 0 N–H and O–H groups in total. The van der Waals surface area contributed by atoms with E-state index in [1.807, 2.05) is 6.07 Å². The average molecular weight is 346 g/mol. The maximum absolute atomic E-state index is 12.2. The summed E-state index contributed by atoms with van der Waals surface area (Å²) in [5, 5.41) is 0. The smallest absolute Gasteiger partial charge is 0.511 e. The highest BCUT2D eigenvalue weighted by Crippen LogP contribution is 2.32. The molecule has 1 aliphatic heterocycles. The Hall–Kier alpha value is -2.18. The van der Waals surface area contributed by atoms with Gasteiger partial charge < -0.3 is 18.9 Å². The monoisotopic (exact) mass is 346 g/mol. The molecule has 0 spiro atoms. The summed E-state index contributed by atoms with van der Waals surface area (Å²) in [4.78, 5) is 23.9. The van der Waals surface area contributed by atoms with Gasteiger partial charge in [0, 0.05) is 0 Å². The summed E-state index contributed by atoms with van der Waals surface area (Å²) < 4.78 is 20.8. The van der Waals surface area contributed by atoms with Crippen LogP contribution in [-0.4, -0.2) is 32.5 Å². The van der Waals surface area contributed by atoms with Crippen LogP contribution in [0.3, 0.4) is 0 Å². The summed E-state index contributed by atoms with van der Waals surface area (Å²) >= 11 is 0. The van der Waals surface area contributed by atoms with Crippen LogP contribution >= 0.6 is 0 Å². The Morgan fingerprint density at radius 3 is 2.80 bits per heavy atom. The van der Waals surface area contributed by atoms with Gasteiger partial charge in [0.25, 0.3) is 0 Å². The van der Waals surface area contributed by atoms with Crippen molar-refractivity contribution in [2.24, 2.45) is 0 Å². The van der Waals surface area contributed by atoms with Gasteiger partial charge in [-0.1, -0.05) is 25.5 Å². The maximum atomic E-state index is 12.2. The van der Waals surface area contributed by atoms with Crippen LogP contribution in [0.2, 0.25) is 5.82 Å². The molecule has 1 aromatic rings. The van der Waals surface area contributed by atoms with Crippen molar-refractivity contribution in [1.82, 2.24) is 0 Å². The van der Waals surface area contributed by atoms with Crippen LogP contribution in [0, 0.1) is 0 Å². The fourth-order valence-electron chi connectivity index (χ4n) is 3.30. The Morgan fingerprint density at radius 1 is 1.20 bits per heavy atom. The van der Waals surface area contributed by atoms with Gasteiger partial charge in [-0.2, -0.15) is 0 Å². The Kier molecular flexibility index (Phi) is 5.84. The highest BCUT2D eigenvalue weighted by molar-refractivity contribution is 6.31. The minimum atomic E-state index is -0.792. The first-order valence-electron chi connectivity index (χ1n) is 8.88. The summed E-state index contributed by atoms with van der Waals surface area (Å²) in [5.74, 6) is 0.406. The highest BCUT2D eigenvalue weighted by atomic mass is 16.8. The number of para-hydroxylation sites is 1. The molecule has 0 amide bonds. The first-order chi connectivity index (χ1) is 12.1. The number of carbonyl (C=O) groups is 2. The molecular formula is C18H23BO6. The van der Waals surface area contributed by atoms with E-state index in [1.165, 1.54) is 6.42 Å². The van der Waals surface area contributed by atoms with Crippen LogP contribution in [0.4, 0.5) is 4.79 Å². The van der Waals surface area contributed by atoms with Crippen LogP contribution in [0.15, 0.2) is 18.2 Å². The Bertz CT molecular complexity index is 626. The van der Waals surface area contributed by atoms with E-state index < -0.39 is 18.9 Å². The minimum Gasteiger partial charge on any atom is -0.563 e. The molecule has 1 saturated carbocycles. The zero-order valence-electron chi connectivity index (χ0n) is 14.5. The second-order valence-electron chi connectivity index (χ2n) is 6.74. The van der Waals surface area contributed by atoms with Gasteiger partial charge in [0.05, 0.1) is 0 Å². The van der Waals surface area contributed by atoms with Crippen molar-refractivity contribution >= 4 is 19.6 Å². The predicted molar refractivity (Wildman–Crippen MR) is 92.1 cm³/mol. The summed E-state index contributed by atoms with van der Waals surface area (Å²) in [6, 6.07) is 5.40. The van der Waals surface area contributed by atoms with E-state index in [9.17, 15) is 9.59 Å². The van der Waals surface area contributed by atoms with E-state index in [1.54, 1.807) is 12.1 Å². The summed E-state index contributed by atoms with van der Waals surface area (Å²) in [6.07, 6.45) is 5.00. The maximum Gasteiger partial charge on any atom is 0.511 e. The molecule has 1 aliphatic carbocycles. The topological polar surface area (TPSA) is 71.1 Å². The van der Waals surface area contributed by atoms with Gasteiger partial charge in [-0.3, -0.25) is 0 Å². The molecule has 6 nitrogen and oxygen atoms in total. The van der Waals surface area contributed by atoms with E-state index in [-0.39, 0.29) is 6.10 Å². The third-order valence-corrected chi connectivity index (χ3v) is 4.58. The van der Waals surface area contributed by atoms with Crippen LogP contribution in [0.5, 0.6) is 5.75 Å². The van der Waals surface area contributed by atoms with Crippen molar-refractivity contribution in [3.05, 3.63) is 29.3 Å². The van der Waals surface area contributed by atoms with Crippen molar-refractivity contribution in [3.63, 3.8) is 0 Å². The van der Waals surface area contributed by atoms with Gasteiger partial charge in [-0.05, 0) is 49.6 Å². The fourth-order valence-corrected chi connectivity index (χ4v) is 3.30. The third-order valence-electron chi connectivity index (χ3n) is 4.58. The van der Waals surface area contributed by atoms with E-state index in [2.05, 4.69) is 6.92 Å². The largest absolute Gasteiger partial charge is 0.563 e. The molecule has 25 heavy (non-hydrogen) atoms. The minimum absolute atomic E-state index is 0.0894. The second-order valence-corrected chi connectivity index (χ2v) is 6.74. The first kappa shape index (κ1) is 17.6. The molecule has 0 aromatic heterocycles. The number of rotatable bonds is 4. The van der Waals surface area contributed by atoms with Gasteiger partial charge in [-0.25, -0.2) is 9.59 Å². The van der Waals surface area contributed by atoms with Gasteiger partial charge in [-0.15, -0.1) is 0 Å². The summed E-state index contributed by atoms with van der Waals surface area (Å²) in [5.41, 5.74) is 1.35. The third kappa shape index (κ3) is 4.68. The van der Waals surface area contributed by atoms with Crippen molar-refractivity contribution < 1.29 is 28.5 Å². The van der Waals surface area contributed by atoms with Crippen molar-refractivity contribution in [1.29, 1.82) is 0 Å². The Balaban J connectivity index is 1.48. The molecule has 0 saturated heterocycles. The van der Waals surface area contributed by atoms with Crippen molar-refractivity contribution in [3.8, 4) is 5.75 Å². The van der Waals surface area contributed by atoms with E-state index >= 15 is 0 Å². The molecule has 0 radical (unpaired) electrons. The van der Waals surface area contributed by atoms with Crippen molar-refractivity contribution in [2.45, 2.75) is 57.4 Å². The fraction of sp³-hybridized carbons (Fsp3) is 0.556. The normalized spacial score (nSPS) is 19.8. The number of fused-ring (bicyclic) bond motifs is 1. The molecular weight excluding hydrogens is 323 g/mol. The molecule has 134 valence electrons. The molecule has 1 atom stereocenters. The Morgan fingerprint density at radius 2 is 2.00 bits per heavy atom. The second kappa shape index (κ2) is 8.27. The lowest BCUT2D eigenvalue weighted by Gasteiger charge is -2.23. The molecule has 7 heteroatoms. The van der Waals surface area contributed by atoms with Crippen molar-refractivity contribution in [2.75, 3.05) is 6.79 Å². The van der Waals surface area contributed by atoms with E-state index in [0.717, 1.165) is 37.7 Å². The lowest BCUT2D eigenvalue weighted by atomic mass is 9.74. The molecule has 1 fully saturated rings. The predicted octanol–water partition coefficient (Wildman–Crippen LogP) is 3.38. The Labute approximate surface area is 148 Å². The zero-order valence-corrected chi connectivity index (χ0v) is 14.5. The lowest BCUT2D eigenvalue weighted by Crippen LogP contribution is -2.23. The number of ether oxygens (including phenoxy) is 3. The molecule has 1 unspecified atom stereocenters.